The van der Waals surface area contributed by atoms with E-state index >= 15 is 0 Å². The number of piperidine rings is 1. The second kappa shape index (κ2) is 7.66. The molecule has 0 radical (unpaired) electrons. The molecule has 2 heterocycles. The monoisotopic (exact) mass is 327 g/mol. The largest absolute Gasteiger partial charge is 0.383 e. The number of aromatic nitrogens is 1. The van der Waals surface area contributed by atoms with Crippen molar-refractivity contribution in [1.29, 1.82) is 5.26 Å². The van der Waals surface area contributed by atoms with Crippen molar-refractivity contribution in [2.45, 2.75) is 19.3 Å². The number of nitro groups is 1. The number of rotatable bonds is 1. The summed E-state index contributed by atoms with van der Waals surface area (Å²) >= 11 is 2.95. The molecule has 1 fully saturated rings. The molecule has 0 aromatic carbocycles. The number of pyridine rings is 1. The molecule has 0 bridgehead atoms. The Labute approximate surface area is 119 Å². The maximum Gasteiger partial charge on any atom is 0.306 e. The molecule has 0 amide bonds. The fourth-order valence-corrected chi connectivity index (χ4v) is 1.93. The fourth-order valence-electron chi connectivity index (χ4n) is 1.54. The van der Waals surface area contributed by atoms with Gasteiger partial charge in [0.05, 0.1) is 9.40 Å². The molecule has 19 heavy (non-hydrogen) atoms. The predicted octanol–water partition coefficient (Wildman–Crippen LogP) is 1.97. The van der Waals surface area contributed by atoms with Gasteiger partial charge in [0.1, 0.15) is 23.6 Å². The van der Waals surface area contributed by atoms with Crippen LogP contribution in [0.2, 0.25) is 0 Å². The molecule has 8 heteroatoms. The molecule has 0 unspecified atom stereocenters. The van der Waals surface area contributed by atoms with Gasteiger partial charge in [-0.25, -0.2) is 4.98 Å². The third kappa shape index (κ3) is 4.46. The van der Waals surface area contributed by atoms with Gasteiger partial charge in [-0.3, -0.25) is 10.1 Å². The van der Waals surface area contributed by atoms with E-state index in [4.69, 9.17) is 11.0 Å². The van der Waals surface area contributed by atoms with Gasteiger partial charge in [0.15, 0.2) is 0 Å². The minimum Gasteiger partial charge on any atom is -0.383 e. The van der Waals surface area contributed by atoms with E-state index in [1.54, 1.807) is 6.07 Å². The Bertz CT molecular complexity index is 485. The average Bonchev–Trinajstić information content (AvgIpc) is 2.44. The van der Waals surface area contributed by atoms with Gasteiger partial charge < -0.3 is 11.1 Å². The highest BCUT2D eigenvalue weighted by Crippen LogP contribution is 2.28. The van der Waals surface area contributed by atoms with Crippen molar-refractivity contribution in [2.24, 2.45) is 0 Å². The fraction of sp³-hybridized carbons (Fsp3) is 0.455. The molecule has 3 N–H and O–H groups in total. The lowest BCUT2D eigenvalue weighted by atomic mass is 10.2. The zero-order valence-electron chi connectivity index (χ0n) is 10.2. The van der Waals surface area contributed by atoms with E-state index in [1.807, 2.05) is 0 Å². The summed E-state index contributed by atoms with van der Waals surface area (Å²) in [4.78, 5) is 13.3. The van der Waals surface area contributed by atoms with Gasteiger partial charge in [0, 0.05) is 0 Å². The third-order valence-electron chi connectivity index (χ3n) is 2.54. The quantitative estimate of drug-likeness (QED) is 0.601. The van der Waals surface area contributed by atoms with E-state index in [-0.39, 0.29) is 21.5 Å². The van der Waals surface area contributed by atoms with E-state index in [1.165, 1.54) is 32.4 Å². The van der Waals surface area contributed by atoms with Gasteiger partial charge in [-0.2, -0.15) is 5.26 Å². The highest BCUT2D eigenvalue weighted by molar-refractivity contribution is 9.10. The molecule has 1 aliphatic heterocycles. The zero-order valence-corrected chi connectivity index (χ0v) is 11.8. The second-order valence-corrected chi connectivity index (χ2v) is 4.69. The molecule has 0 atom stereocenters. The van der Waals surface area contributed by atoms with E-state index in [9.17, 15) is 10.1 Å². The number of nitrogens with one attached hydrogen (secondary N) is 1. The van der Waals surface area contributed by atoms with Crippen molar-refractivity contribution >= 4 is 27.4 Å². The van der Waals surface area contributed by atoms with Crippen LogP contribution in [0.3, 0.4) is 0 Å². The average molecular weight is 328 g/mol. The maximum atomic E-state index is 10.4. The van der Waals surface area contributed by atoms with Gasteiger partial charge in [0.25, 0.3) is 0 Å². The molecule has 0 aliphatic carbocycles. The van der Waals surface area contributed by atoms with Crippen LogP contribution in [0.1, 0.15) is 24.8 Å². The lowest BCUT2D eigenvalue weighted by molar-refractivity contribution is -0.385. The van der Waals surface area contributed by atoms with Crippen molar-refractivity contribution < 1.29 is 4.92 Å². The summed E-state index contributed by atoms with van der Waals surface area (Å²) in [5.74, 6) is 0.0575. The first kappa shape index (κ1) is 15.3. The highest BCUT2D eigenvalue weighted by atomic mass is 79.9. The summed E-state index contributed by atoms with van der Waals surface area (Å²) in [5.41, 5.74) is 4.86. The standard InChI is InChI=1S/C6H3BrN4O2.C5H11N/c7-5-3(1-8)4(11(12)13)2-10-6(5)9;1-2-4-6-5-3-1/h2H,(H2,9,10);6H,1-5H2. The Morgan fingerprint density at radius 1 is 1.47 bits per heavy atom. The van der Waals surface area contributed by atoms with Crippen LogP contribution in [-0.4, -0.2) is 23.0 Å². The summed E-state index contributed by atoms with van der Waals surface area (Å²) < 4.78 is 0.157. The van der Waals surface area contributed by atoms with Gasteiger partial charge in [0.2, 0.25) is 0 Å². The molecular formula is C11H14BrN5O2. The van der Waals surface area contributed by atoms with Gasteiger partial charge in [-0.1, -0.05) is 6.42 Å². The zero-order chi connectivity index (χ0) is 14.3. The first-order valence-electron chi connectivity index (χ1n) is 5.77. The molecule has 1 saturated heterocycles. The van der Waals surface area contributed by atoms with Gasteiger partial charge in [-0.05, 0) is 41.9 Å². The van der Waals surface area contributed by atoms with Crippen molar-refractivity contribution in [3.05, 3.63) is 26.3 Å². The summed E-state index contributed by atoms with van der Waals surface area (Å²) in [6, 6.07) is 1.68. The molecular weight excluding hydrogens is 314 g/mol. The number of anilines is 1. The highest BCUT2D eigenvalue weighted by Gasteiger charge is 2.19. The lowest BCUT2D eigenvalue weighted by Gasteiger charge is -2.08. The minimum absolute atomic E-state index is 0.0575. The van der Waals surface area contributed by atoms with Crippen LogP contribution in [-0.2, 0) is 0 Å². The van der Waals surface area contributed by atoms with Gasteiger partial charge in [-0.15, -0.1) is 0 Å². The Morgan fingerprint density at radius 3 is 2.47 bits per heavy atom. The van der Waals surface area contributed by atoms with Crippen LogP contribution >= 0.6 is 15.9 Å². The summed E-state index contributed by atoms with van der Waals surface area (Å²) in [6.07, 6.45) is 5.17. The molecule has 102 valence electrons. The number of nitrogens with zero attached hydrogens (tertiary/aromatic N) is 3. The Morgan fingerprint density at radius 2 is 2.11 bits per heavy atom. The van der Waals surface area contributed by atoms with Crippen molar-refractivity contribution in [3.8, 4) is 6.07 Å². The molecule has 1 aromatic heterocycles. The molecule has 7 nitrogen and oxygen atoms in total. The molecule has 1 aliphatic rings. The molecule has 1 aromatic rings. The number of nitrogen functional groups attached to an aromatic ring is 1. The number of nitrogens with two attached hydrogens (primary N) is 1. The number of nitriles is 1. The summed E-state index contributed by atoms with van der Waals surface area (Å²) in [6.45, 7) is 2.50. The Hall–Kier alpha value is -1.72. The van der Waals surface area contributed by atoms with Crippen molar-refractivity contribution in [1.82, 2.24) is 10.3 Å². The van der Waals surface area contributed by atoms with Crippen LogP contribution in [0.15, 0.2) is 10.7 Å². The molecule has 2 rings (SSSR count). The van der Waals surface area contributed by atoms with Crippen molar-refractivity contribution in [3.63, 3.8) is 0 Å². The normalized spacial score (nSPS) is 13.9. The van der Waals surface area contributed by atoms with Crippen LogP contribution in [0.5, 0.6) is 0 Å². The maximum absolute atomic E-state index is 10.4. The smallest absolute Gasteiger partial charge is 0.306 e. The summed E-state index contributed by atoms with van der Waals surface area (Å²) in [5, 5.41) is 22.3. The predicted molar refractivity (Wildman–Crippen MR) is 74.4 cm³/mol. The van der Waals surface area contributed by atoms with Crippen LogP contribution in [0.25, 0.3) is 0 Å². The first-order valence-corrected chi connectivity index (χ1v) is 6.56. The number of hydrogen-bond donors (Lipinski definition) is 2. The van der Waals surface area contributed by atoms with Crippen molar-refractivity contribution in [2.75, 3.05) is 18.8 Å². The van der Waals surface area contributed by atoms with Crippen LogP contribution in [0.4, 0.5) is 11.5 Å². The third-order valence-corrected chi connectivity index (χ3v) is 3.34. The van der Waals surface area contributed by atoms with E-state index in [2.05, 4.69) is 26.2 Å². The minimum atomic E-state index is -0.685. The lowest BCUT2D eigenvalue weighted by Crippen LogP contribution is -2.21. The number of halogens is 1. The molecule has 0 spiro atoms. The molecule has 0 saturated carbocycles. The SMILES string of the molecule is C1CCNCC1.N#Cc1c([N+](=O)[O-])cnc(N)c1Br. The Balaban J connectivity index is 0.000000250. The van der Waals surface area contributed by atoms with E-state index < -0.39 is 4.92 Å². The Kier molecular flexibility index (Phi) is 6.18. The second-order valence-electron chi connectivity index (χ2n) is 3.90. The van der Waals surface area contributed by atoms with E-state index in [0.29, 0.717) is 0 Å². The number of hydrogen-bond acceptors (Lipinski definition) is 6. The first-order chi connectivity index (χ1) is 9.07. The van der Waals surface area contributed by atoms with Crippen LogP contribution in [0, 0.1) is 21.4 Å². The van der Waals surface area contributed by atoms with E-state index in [0.717, 1.165) is 6.20 Å². The van der Waals surface area contributed by atoms with Crippen LogP contribution < -0.4 is 11.1 Å². The summed E-state index contributed by atoms with van der Waals surface area (Å²) in [7, 11) is 0. The topological polar surface area (TPSA) is 118 Å². The van der Waals surface area contributed by atoms with Gasteiger partial charge >= 0.3 is 5.69 Å².